The number of nitrogens with zero attached hydrogens (tertiary/aromatic N) is 5. The Morgan fingerprint density at radius 1 is 1.20 bits per heavy atom. The van der Waals surface area contributed by atoms with Crippen LogP contribution in [0, 0.1) is 11.3 Å². The van der Waals surface area contributed by atoms with Crippen LogP contribution in [0.25, 0.3) is 22.2 Å². The molecule has 0 aliphatic carbocycles. The highest BCUT2D eigenvalue weighted by Gasteiger charge is 2.27. The summed E-state index contributed by atoms with van der Waals surface area (Å²) in [5.41, 5.74) is 9.24. The van der Waals surface area contributed by atoms with Crippen LogP contribution in [0.15, 0.2) is 36.8 Å². The molecule has 5 rings (SSSR count). The van der Waals surface area contributed by atoms with E-state index < -0.39 is 6.23 Å². The van der Waals surface area contributed by atoms with E-state index in [1.807, 2.05) is 0 Å². The number of pyridine rings is 2. The number of aromatic amines is 1. The monoisotopic (exact) mass is 509 g/mol. The van der Waals surface area contributed by atoms with Crippen molar-refractivity contribution in [3.63, 3.8) is 0 Å². The summed E-state index contributed by atoms with van der Waals surface area (Å²) in [6.07, 6.45) is 4.74. The van der Waals surface area contributed by atoms with Crippen LogP contribution in [-0.2, 0) is 0 Å². The third kappa shape index (κ3) is 4.10. The number of nitrogens with two attached hydrogens (primary N) is 1. The Bertz CT molecular complexity index is 1450. The molecule has 0 bridgehead atoms. The lowest BCUT2D eigenvalue weighted by atomic mass is 10.0. The van der Waals surface area contributed by atoms with Crippen molar-refractivity contribution in [2.45, 2.75) is 25.6 Å². The van der Waals surface area contributed by atoms with Crippen LogP contribution >= 0.6 is 23.2 Å². The van der Waals surface area contributed by atoms with Gasteiger partial charge in [0.15, 0.2) is 17.7 Å². The smallest absolute Gasteiger partial charge is 0.177 e. The van der Waals surface area contributed by atoms with Gasteiger partial charge in [0.1, 0.15) is 17.6 Å². The molecule has 3 aromatic heterocycles. The Morgan fingerprint density at radius 2 is 1.97 bits per heavy atom. The SMILES string of the molecule is COc1cc2[nH]nc(-c3cnc(N4CC[C@@H]4C)c(C#N)c3)c2cc1O[C@H](N)c1c(Cl)cncc1Cl. The van der Waals surface area contributed by atoms with Gasteiger partial charge in [0.05, 0.1) is 28.2 Å². The van der Waals surface area contributed by atoms with Gasteiger partial charge in [-0.05, 0) is 25.5 Å². The van der Waals surface area contributed by atoms with Gasteiger partial charge >= 0.3 is 0 Å². The molecule has 35 heavy (non-hydrogen) atoms. The molecule has 1 aliphatic heterocycles. The van der Waals surface area contributed by atoms with Crippen LogP contribution < -0.4 is 20.1 Å². The van der Waals surface area contributed by atoms with Crippen molar-refractivity contribution in [2.24, 2.45) is 5.73 Å². The number of nitriles is 1. The maximum absolute atomic E-state index is 9.75. The van der Waals surface area contributed by atoms with E-state index >= 15 is 0 Å². The number of halogens is 2. The number of anilines is 1. The van der Waals surface area contributed by atoms with Crippen LogP contribution in [0.5, 0.6) is 11.5 Å². The fourth-order valence-electron chi connectivity index (χ4n) is 4.11. The van der Waals surface area contributed by atoms with Crippen molar-refractivity contribution in [3.05, 3.63) is 58.0 Å². The molecule has 0 saturated carbocycles. The topological polar surface area (TPSA) is 126 Å². The number of ether oxygens (including phenoxy) is 2. The molecule has 2 atom stereocenters. The number of nitrogens with one attached hydrogen (secondary N) is 1. The first-order valence-corrected chi connectivity index (χ1v) is 11.6. The Labute approximate surface area is 211 Å². The Morgan fingerprint density at radius 3 is 2.60 bits per heavy atom. The van der Waals surface area contributed by atoms with Gasteiger partial charge in [-0.3, -0.25) is 15.8 Å². The van der Waals surface area contributed by atoms with E-state index in [1.54, 1.807) is 24.4 Å². The van der Waals surface area contributed by atoms with Gasteiger partial charge in [-0.1, -0.05) is 23.2 Å². The zero-order valence-electron chi connectivity index (χ0n) is 18.9. The lowest BCUT2D eigenvalue weighted by Gasteiger charge is -2.40. The number of hydrogen-bond donors (Lipinski definition) is 2. The minimum atomic E-state index is -0.968. The molecule has 4 heterocycles. The molecule has 1 fully saturated rings. The first-order chi connectivity index (χ1) is 16.9. The van der Waals surface area contributed by atoms with E-state index in [2.05, 4.69) is 38.1 Å². The molecule has 3 N–H and O–H groups in total. The molecule has 1 aromatic carbocycles. The quantitative estimate of drug-likeness (QED) is 0.353. The lowest BCUT2D eigenvalue weighted by molar-refractivity contribution is 0.204. The first-order valence-electron chi connectivity index (χ1n) is 10.9. The molecule has 1 aliphatic rings. The second-order valence-corrected chi connectivity index (χ2v) is 9.03. The highest BCUT2D eigenvalue weighted by atomic mass is 35.5. The van der Waals surface area contributed by atoms with E-state index in [-0.39, 0.29) is 0 Å². The summed E-state index contributed by atoms with van der Waals surface area (Å²) in [6.45, 7) is 3.01. The second-order valence-electron chi connectivity index (χ2n) is 8.21. The molecular weight excluding hydrogens is 489 g/mol. The zero-order chi connectivity index (χ0) is 24.7. The average Bonchev–Trinajstić information content (AvgIpc) is 3.25. The molecule has 11 heteroatoms. The largest absolute Gasteiger partial charge is 0.493 e. The van der Waals surface area contributed by atoms with Crippen LogP contribution in [0.3, 0.4) is 0 Å². The maximum atomic E-state index is 9.75. The summed E-state index contributed by atoms with van der Waals surface area (Å²) >= 11 is 12.5. The number of hydrogen-bond acceptors (Lipinski definition) is 8. The minimum Gasteiger partial charge on any atom is -0.493 e. The van der Waals surface area contributed by atoms with Crippen molar-refractivity contribution >= 4 is 39.9 Å². The summed E-state index contributed by atoms with van der Waals surface area (Å²) in [7, 11) is 1.53. The fraction of sp³-hybridized carbons (Fsp3) is 0.250. The molecule has 178 valence electrons. The van der Waals surface area contributed by atoms with Crippen molar-refractivity contribution in [1.29, 1.82) is 5.26 Å². The lowest BCUT2D eigenvalue weighted by Crippen LogP contribution is -2.46. The molecule has 0 radical (unpaired) electrons. The standard InChI is InChI=1S/C24H21Cl2N7O2/c1-12-3-4-33(12)24-13(8-27)5-14(9-30-24)22-15-6-20(19(34-2)7-18(15)31-32-22)35-23(28)21-16(25)10-29-11-17(21)26/h5-7,9-12,23H,3-4,28H2,1-2H3,(H,31,32)/t12-,23-/m0/s1. The minimum absolute atomic E-state index is 0.292. The predicted molar refractivity (Wildman–Crippen MR) is 134 cm³/mol. The summed E-state index contributed by atoms with van der Waals surface area (Å²) in [5, 5.41) is 18.6. The molecule has 9 nitrogen and oxygen atoms in total. The van der Waals surface area contributed by atoms with E-state index in [4.69, 9.17) is 38.4 Å². The van der Waals surface area contributed by atoms with E-state index in [1.165, 1.54) is 19.5 Å². The summed E-state index contributed by atoms with van der Waals surface area (Å²) in [4.78, 5) is 10.7. The Hall–Kier alpha value is -3.58. The molecule has 4 aromatic rings. The van der Waals surface area contributed by atoms with Crippen LogP contribution in [0.1, 0.15) is 30.7 Å². The third-order valence-corrected chi connectivity index (χ3v) is 6.73. The van der Waals surface area contributed by atoms with Crippen molar-refractivity contribution < 1.29 is 9.47 Å². The number of H-pyrrole nitrogens is 1. The van der Waals surface area contributed by atoms with Crippen molar-refractivity contribution in [3.8, 4) is 28.8 Å². The first kappa shape index (κ1) is 23.2. The third-order valence-electron chi connectivity index (χ3n) is 6.13. The molecular formula is C24H21Cl2N7O2. The predicted octanol–water partition coefficient (Wildman–Crippen LogP) is 4.84. The van der Waals surface area contributed by atoms with E-state index in [0.29, 0.717) is 55.8 Å². The van der Waals surface area contributed by atoms with Gasteiger partial charge in [0, 0.05) is 53.8 Å². The van der Waals surface area contributed by atoms with Crippen LogP contribution in [0.4, 0.5) is 5.82 Å². The highest BCUT2D eigenvalue weighted by Crippen LogP contribution is 2.39. The second kappa shape index (κ2) is 9.23. The average molecular weight is 510 g/mol. The van der Waals surface area contributed by atoms with Gasteiger partial charge in [-0.2, -0.15) is 10.4 Å². The van der Waals surface area contributed by atoms with Crippen molar-refractivity contribution in [2.75, 3.05) is 18.6 Å². The normalized spacial score (nSPS) is 16.0. The van der Waals surface area contributed by atoms with E-state index in [9.17, 15) is 5.26 Å². The van der Waals surface area contributed by atoms with E-state index in [0.717, 1.165) is 23.9 Å². The number of benzene rings is 1. The molecule has 1 saturated heterocycles. The zero-order valence-corrected chi connectivity index (χ0v) is 20.4. The molecule has 0 amide bonds. The number of fused-ring (bicyclic) bond motifs is 1. The van der Waals surface area contributed by atoms with Crippen molar-refractivity contribution in [1.82, 2.24) is 20.2 Å². The van der Waals surface area contributed by atoms with Crippen LogP contribution in [0.2, 0.25) is 10.0 Å². The Kier molecular flexibility index (Phi) is 6.11. The molecule has 0 unspecified atom stereocenters. The number of rotatable bonds is 6. The van der Waals surface area contributed by atoms with Crippen LogP contribution in [-0.4, -0.2) is 39.9 Å². The Balaban J connectivity index is 1.54. The summed E-state index contributed by atoms with van der Waals surface area (Å²) in [5.74, 6) is 1.51. The van der Waals surface area contributed by atoms with Gasteiger partial charge in [-0.15, -0.1) is 0 Å². The summed E-state index contributed by atoms with van der Waals surface area (Å²) < 4.78 is 11.5. The van der Waals surface area contributed by atoms with Gasteiger partial charge < -0.3 is 14.4 Å². The molecule has 0 spiro atoms. The van der Waals surface area contributed by atoms with Gasteiger partial charge in [-0.25, -0.2) is 4.98 Å². The van der Waals surface area contributed by atoms with Gasteiger partial charge in [0.2, 0.25) is 0 Å². The number of methoxy groups -OCH3 is 1. The van der Waals surface area contributed by atoms with Gasteiger partial charge in [0.25, 0.3) is 0 Å². The number of aromatic nitrogens is 4. The maximum Gasteiger partial charge on any atom is 0.177 e. The highest BCUT2D eigenvalue weighted by molar-refractivity contribution is 6.35. The summed E-state index contributed by atoms with van der Waals surface area (Å²) in [6, 6.07) is 7.97. The fourth-order valence-corrected chi connectivity index (χ4v) is 4.69.